The van der Waals surface area contributed by atoms with E-state index in [0.717, 1.165) is 5.56 Å². The van der Waals surface area contributed by atoms with Gasteiger partial charge in [-0.25, -0.2) is 13.1 Å². The smallest absolute Gasteiger partial charge is 0.241 e. The molecule has 27 heavy (non-hydrogen) atoms. The van der Waals surface area contributed by atoms with Gasteiger partial charge in [-0.2, -0.15) is 0 Å². The molecular weight excluding hydrogens is 368 g/mol. The molecule has 1 amide bonds. The van der Waals surface area contributed by atoms with Crippen molar-refractivity contribution in [3.63, 3.8) is 0 Å². The molecule has 142 valence electrons. The van der Waals surface area contributed by atoms with Gasteiger partial charge in [-0.15, -0.1) is 0 Å². The van der Waals surface area contributed by atoms with Gasteiger partial charge in [-0.1, -0.05) is 36.4 Å². The van der Waals surface area contributed by atoms with Crippen molar-refractivity contribution in [1.82, 2.24) is 10.0 Å². The lowest BCUT2D eigenvalue weighted by Gasteiger charge is -2.09. The number of nitrogens with two attached hydrogens (primary N) is 2. The van der Waals surface area contributed by atoms with Gasteiger partial charge >= 0.3 is 0 Å². The number of amidine groups is 2. The van der Waals surface area contributed by atoms with Crippen molar-refractivity contribution in [2.75, 3.05) is 6.54 Å². The summed E-state index contributed by atoms with van der Waals surface area (Å²) in [5.41, 5.74) is 12.4. The van der Waals surface area contributed by atoms with Gasteiger partial charge in [-0.3, -0.25) is 15.6 Å². The van der Waals surface area contributed by atoms with Gasteiger partial charge in [0, 0.05) is 17.7 Å². The predicted octanol–water partition coefficient (Wildman–Crippen LogP) is -0.151. The molecule has 2 aromatic carbocycles. The van der Waals surface area contributed by atoms with E-state index in [4.69, 9.17) is 22.3 Å². The van der Waals surface area contributed by atoms with Gasteiger partial charge in [0.15, 0.2) is 0 Å². The van der Waals surface area contributed by atoms with Gasteiger partial charge in [0.25, 0.3) is 0 Å². The standard InChI is InChI=1S/C17H20N6O3S/c18-16(19)12-6-4-11(5-7-12)9-22-15(24)10-23-27(25,26)14-3-1-2-13(8-14)17(20)21/h1-8,23H,9-10H2,(H3,18,19)(H3,20,21)(H,22,24). The Kier molecular flexibility index (Phi) is 6.27. The Bertz CT molecular complexity index is 970. The summed E-state index contributed by atoms with van der Waals surface area (Å²) in [6.45, 7) is -0.225. The molecule has 0 aliphatic rings. The minimum atomic E-state index is -3.91. The molecule has 9 nitrogen and oxygen atoms in total. The van der Waals surface area contributed by atoms with Crippen LogP contribution in [0.1, 0.15) is 16.7 Å². The molecule has 10 heteroatoms. The van der Waals surface area contributed by atoms with Crippen LogP contribution in [0, 0.1) is 10.8 Å². The molecule has 0 aliphatic carbocycles. The van der Waals surface area contributed by atoms with E-state index in [1.54, 1.807) is 24.3 Å². The van der Waals surface area contributed by atoms with E-state index >= 15 is 0 Å². The van der Waals surface area contributed by atoms with Crippen molar-refractivity contribution >= 4 is 27.6 Å². The largest absolute Gasteiger partial charge is 0.384 e. The van der Waals surface area contributed by atoms with Crippen molar-refractivity contribution in [3.05, 3.63) is 65.2 Å². The summed E-state index contributed by atoms with van der Waals surface area (Å²) in [6, 6.07) is 12.4. The maximum absolute atomic E-state index is 12.3. The Labute approximate surface area is 156 Å². The Morgan fingerprint density at radius 2 is 1.59 bits per heavy atom. The monoisotopic (exact) mass is 388 g/mol. The van der Waals surface area contributed by atoms with E-state index in [-0.39, 0.29) is 28.7 Å². The number of nitrogens with one attached hydrogen (secondary N) is 4. The number of hydrogen-bond donors (Lipinski definition) is 6. The highest BCUT2D eigenvalue weighted by atomic mass is 32.2. The summed E-state index contributed by atoms with van der Waals surface area (Å²) < 4.78 is 26.7. The quantitative estimate of drug-likeness (QED) is 0.272. The van der Waals surface area contributed by atoms with Gasteiger partial charge in [-0.05, 0) is 17.7 Å². The fourth-order valence-corrected chi connectivity index (χ4v) is 3.17. The SMILES string of the molecule is N=C(N)c1ccc(CNC(=O)CNS(=O)(=O)c2cccc(C(=N)N)c2)cc1. The van der Waals surface area contributed by atoms with E-state index in [0.29, 0.717) is 5.56 Å². The van der Waals surface area contributed by atoms with Crippen molar-refractivity contribution in [1.29, 1.82) is 10.8 Å². The van der Waals surface area contributed by atoms with Crippen LogP contribution in [0.25, 0.3) is 0 Å². The fourth-order valence-electron chi connectivity index (χ4n) is 2.14. The van der Waals surface area contributed by atoms with E-state index in [1.165, 1.54) is 24.3 Å². The molecule has 0 fully saturated rings. The molecule has 8 N–H and O–H groups in total. The van der Waals surface area contributed by atoms with Crippen molar-refractivity contribution < 1.29 is 13.2 Å². The van der Waals surface area contributed by atoms with Crippen molar-refractivity contribution in [2.24, 2.45) is 11.5 Å². The van der Waals surface area contributed by atoms with Crippen LogP contribution in [0.2, 0.25) is 0 Å². The van der Waals surface area contributed by atoms with Gasteiger partial charge in [0.2, 0.25) is 15.9 Å². The first-order chi connectivity index (χ1) is 12.7. The molecule has 0 saturated heterocycles. The van der Waals surface area contributed by atoms with E-state index in [9.17, 15) is 13.2 Å². The first kappa shape index (κ1) is 20.1. The van der Waals surface area contributed by atoms with Crippen LogP contribution in [0.5, 0.6) is 0 Å². The average Bonchev–Trinajstić information content (AvgIpc) is 2.65. The maximum atomic E-state index is 12.3. The van der Waals surface area contributed by atoms with Crippen LogP contribution in [0.4, 0.5) is 0 Å². The van der Waals surface area contributed by atoms with Crippen molar-refractivity contribution in [2.45, 2.75) is 11.4 Å². The number of rotatable bonds is 8. The Hall–Kier alpha value is -3.24. The van der Waals surface area contributed by atoms with Crippen LogP contribution in [-0.4, -0.2) is 32.5 Å². The fraction of sp³-hybridized carbons (Fsp3) is 0.118. The molecule has 2 aromatic rings. The number of sulfonamides is 1. The van der Waals surface area contributed by atoms with Gasteiger partial charge < -0.3 is 16.8 Å². The Balaban J connectivity index is 1.91. The van der Waals surface area contributed by atoms with Crippen LogP contribution < -0.4 is 21.5 Å². The van der Waals surface area contributed by atoms with Gasteiger partial charge in [0.1, 0.15) is 11.7 Å². The minimum absolute atomic E-state index is 0.0474. The number of carbonyl (C=O) groups excluding carboxylic acids is 1. The van der Waals surface area contributed by atoms with Crippen LogP contribution >= 0.6 is 0 Å². The maximum Gasteiger partial charge on any atom is 0.241 e. The lowest BCUT2D eigenvalue weighted by molar-refractivity contribution is -0.120. The first-order valence-corrected chi connectivity index (χ1v) is 9.31. The van der Waals surface area contributed by atoms with E-state index in [1.807, 2.05) is 0 Å². The summed E-state index contributed by atoms with van der Waals surface area (Å²) in [5.74, 6) is -0.800. The highest BCUT2D eigenvalue weighted by molar-refractivity contribution is 7.89. The summed E-state index contributed by atoms with van der Waals surface area (Å²) in [6.07, 6.45) is 0. The molecule has 0 aliphatic heterocycles. The lowest BCUT2D eigenvalue weighted by Crippen LogP contribution is -2.36. The molecule has 2 rings (SSSR count). The van der Waals surface area contributed by atoms with E-state index in [2.05, 4.69) is 10.0 Å². The number of hydrogen-bond acceptors (Lipinski definition) is 5. The van der Waals surface area contributed by atoms with Crippen molar-refractivity contribution in [3.8, 4) is 0 Å². The zero-order valence-electron chi connectivity index (χ0n) is 14.3. The van der Waals surface area contributed by atoms with Crippen LogP contribution in [0.15, 0.2) is 53.4 Å². The molecular formula is C17H20N6O3S. The average molecular weight is 388 g/mol. The Morgan fingerprint density at radius 1 is 0.963 bits per heavy atom. The molecule has 0 unspecified atom stereocenters. The van der Waals surface area contributed by atoms with Crippen LogP contribution in [-0.2, 0) is 21.4 Å². The van der Waals surface area contributed by atoms with E-state index < -0.39 is 22.5 Å². The normalized spacial score (nSPS) is 11.0. The Morgan fingerprint density at radius 3 is 2.19 bits per heavy atom. The third-order valence-electron chi connectivity index (χ3n) is 3.63. The molecule has 0 bridgehead atoms. The first-order valence-electron chi connectivity index (χ1n) is 7.83. The summed E-state index contributed by atoms with van der Waals surface area (Å²) in [5, 5.41) is 17.3. The topological polar surface area (TPSA) is 175 Å². The summed E-state index contributed by atoms with van der Waals surface area (Å²) >= 11 is 0. The third kappa shape index (κ3) is 5.62. The zero-order valence-corrected chi connectivity index (χ0v) is 15.1. The molecule has 0 saturated carbocycles. The van der Waals surface area contributed by atoms with Crippen LogP contribution in [0.3, 0.4) is 0 Å². The molecule has 0 radical (unpaired) electrons. The molecule has 0 heterocycles. The second-order valence-corrected chi connectivity index (χ2v) is 7.42. The molecule has 0 atom stereocenters. The molecule has 0 spiro atoms. The molecule has 0 aromatic heterocycles. The number of nitrogen functional groups attached to an aromatic ring is 2. The second-order valence-electron chi connectivity index (χ2n) is 5.65. The van der Waals surface area contributed by atoms with Gasteiger partial charge in [0.05, 0.1) is 11.4 Å². The number of carbonyl (C=O) groups is 1. The number of benzene rings is 2. The second kappa shape index (κ2) is 8.43. The highest BCUT2D eigenvalue weighted by Crippen LogP contribution is 2.11. The summed E-state index contributed by atoms with van der Waals surface area (Å²) in [4.78, 5) is 11.8. The predicted molar refractivity (Wildman–Crippen MR) is 102 cm³/mol. The highest BCUT2D eigenvalue weighted by Gasteiger charge is 2.16. The lowest BCUT2D eigenvalue weighted by atomic mass is 10.1. The zero-order chi connectivity index (χ0) is 20.0. The summed E-state index contributed by atoms with van der Waals surface area (Å²) in [7, 11) is -3.91. The number of amides is 1. The third-order valence-corrected chi connectivity index (χ3v) is 5.03. The minimum Gasteiger partial charge on any atom is -0.384 e.